The number of hydrogen-bond donors (Lipinski definition) is 0. The van der Waals surface area contributed by atoms with Gasteiger partial charge in [-0.2, -0.15) is 13.2 Å². The molecule has 0 N–H and O–H groups in total. The van der Waals surface area contributed by atoms with Crippen LogP contribution in [0.4, 0.5) is 18.9 Å². The van der Waals surface area contributed by atoms with Gasteiger partial charge in [-0.05, 0) is 49.4 Å². The Balaban J connectivity index is 1.13. The smallest absolute Gasteiger partial charge is 0.416 e. The van der Waals surface area contributed by atoms with E-state index in [1.54, 1.807) is 23.5 Å². The number of thiazole rings is 1. The maximum Gasteiger partial charge on any atom is 0.416 e. The van der Waals surface area contributed by atoms with E-state index in [9.17, 15) is 18.0 Å². The maximum absolute atomic E-state index is 13.3. The highest BCUT2D eigenvalue weighted by Gasteiger charge is 2.31. The molecule has 1 saturated heterocycles. The Hall–Kier alpha value is -4.36. The Labute approximate surface area is 266 Å². The van der Waals surface area contributed by atoms with Crippen molar-refractivity contribution < 1.29 is 22.7 Å². The summed E-state index contributed by atoms with van der Waals surface area (Å²) in [5, 5.41) is 12.2. The quantitative estimate of drug-likeness (QED) is 0.168. The average molecular weight is 651 g/mol. The molecule has 3 heterocycles. The first-order valence-electron chi connectivity index (χ1n) is 14.1. The van der Waals surface area contributed by atoms with Crippen molar-refractivity contribution >= 4 is 34.7 Å². The number of amides is 1. The van der Waals surface area contributed by atoms with E-state index in [2.05, 4.69) is 15.2 Å². The van der Waals surface area contributed by atoms with Gasteiger partial charge < -0.3 is 14.5 Å². The molecule has 0 unspecified atom stereocenters. The molecule has 0 radical (unpaired) electrons. The lowest BCUT2D eigenvalue weighted by atomic mass is 10.1. The van der Waals surface area contributed by atoms with Crippen LogP contribution in [0.5, 0.6) is 5.75 Å². The third-order valence-electron chi connectivity index (χ3n) is 7.45. The maximum atomic E-state index is 13.3. The van der Waals surface area contributed by atoms with Gasteiger partial charge in [-0.25, -0.2) is 4.98 Å². The largest absolute Gasteiger partial charge is 0.497 e. The highest BCUT2D eigenvalue weighted by Crippen LogP contribution is 2.33. The van der Waals surface area contributed by atoms with Crippen molar-refractivity contribution in [1.82, 2.24) is 24.6 Å². The highest BCUT2D eigenvalue weighted by atomic mass is 32.2. The van der Waals surface area contributed by atoms with Gasteiger partial charge in [0.25, 0.3) is 5.91 Å². The van der Waals surface area contributed by atoms with Gasteiger partial charge in [0, 0.05) is 48.5 Å². The number of ether oxygens (including phenoxy) is 1. The molecule has 1 aliphatic rings. The fourth-order valence-corrected chi connectivity index (χ4v) is 6.79. The van der Waals surface area contributed by atoms with Crippen LogP contribution in [-0.2, 0) is 11.9 Å². The van der Waals surface area contributed by atoms with Crippen LogP contribution in [0.1, 0.15) is 26.6 Å². The third kappa shape index (κ3) is 6.84. The highest BCUT2D eigenvalue weighted by molar-refractivity contribution is 7.98. The Morgan fingerprint density at radius 3 is 2.44 bits per heavy atom. The fraction of sp³-hybridized carbons (Fsp3) is 0.250. The van der Waals surface area contributed by atoms with Gasteiger partial charge in [-0.3, -0.25) is 9.36 Å². The number of hydrogen-bond acceptors (Lipinski definition) is 8. The first kappa shape index (κ1) is 30.7. The number of carbonyl (C=O) groups excluding carboxylic acids is 1. The number of benzene rings is 3. The molecule has 2 aromatic heterocycles. The van der Waals surface area contributed by atoms with Crippen LogP contribution in [0.15, 0.2) is 83.3 Å². The number of carbonyl (C=O) groups is 1. The van der Waals surface area contributed by atoms with Crippen molar-refractivity contribution in [1.29, 1.82) is 0 Å². The summed E-state index contributed by atoms with van der Waals surface area (Å²) in [6.45, 7) is 3.69. The number of aromatic nitrogens is 4. The van der Waals surface area contributed by atoms with Gasteiger partial charge in [0.2, 0.25) is 0 Å². The Morgan fingerprint density at radius 1 is 0.956 bits per heavy atom. The minimum atomic E-state index is -4.40. The molecular formula is C32H29F3N6O2S2. The minimum Gasteiger partial charge on any atom is -0.497 e. The lowest BCUT2D eigenvalue weighted by Gasteiger charge is -2.36. The summed E-state index contributed by atoms with van der Waals surface area (Å²) in [4.78, 5) is 21.4. The normalized spacial score (nSPS) is 13.7. The number of thioether (sulfide) groups is 1. The van der Waals surface area contributed by atoms with Crippen LogP contribution in [-0.4, -0.2) is 63.8 Å². The molecule has 0 saturated carbocycles. The van der Waals surface area contributed by atoms with E-state index in [1.165, 1.54) is 29.2 Å². The molecule has 0 spiro atoms. The van der Waals surface area contributed by atoms with Crippen LogP contribution < -0.4 is 9.64 Å². The molecule has 45 heavy (non-hydrogen) atoms. The van der Waals surface area contributed by atoms with Gasteiger partial charge in [-0.1, -0.05) is 47.7 Å². The number of anilines is 1. The van der Waals surface area contributed by atoms with Crippen molar-refractivity contribution in [2.24, 2.45) is 0 Å². The third-order valence-corrected chi connectivity index (χ3v) is 9.43. The molecule has 0 bridgehead atoms. The summed E-state index contributed by atoms with van der Waals surface area (Å²) in [5.41, 5.74) is 3.11. The van der Waals surface area contributed by atoms with E-state index in [0.717, 1.165) is 39.7 Å². The standard InChI is InChI=1S/C32H29F3N6O2S2/c1-21-9-11-24(12-10-21)41-29(22-5-3-8-26(17-22)43-2)37-38-31(41)45-20-28-36-27(19-44-28)30(42)40-15-13-39(14-16-40)25-7-4-6-23(18-25)32(33,34)35/h3-12,17-19H,13-16,20H2,1-2H3. The van der Waals surface area contributed by atoms with Crippen molar-refractivity contribution in [2.75, 3.05) is 38.2 Å². The number of aryl methyl sites for hydroxylation is 1. The Kier molecular flexibility index (Phi) is 8.81. The first-order valence-corrected chi connectivity index (χ1v) is 16.0. The molecule has 6 rings (SSSR count). The zero-order valence-electron chi connectivity index (χ0n) is 24.5. The summed E-state index contributed by atoms with van der Waals surface area (Å²) < 4.78 is 46.9. The number of rotatable bonds is 8. The van der Waals surface area contributed by atoms with Crippen LogP contribution in [0.3, 0.4) is 0 Å². The van der Waals surface area contributed by atoms with E-state index in [1.807, 2.05) is 64.9 Å². The Morgan fingerprint density at radius 2 is 1.71 bits per heavy atom. The molecular weight excluding hydrogens is 622 g/mol. The second-order valence-electron chi connectivity index (χ2n) is 10.5. The minimum absolute atomic E-state index is 0.186. The van der Waals surface area contributed by atoms with Gasteiger partial charge >= 0.3 is 6.18 Å². The summed E-state index contributed by atoms with van der Waals surface area (Å²) >= 11 is 2.88. The van der Waals surface area contributed by atoms with Crippen LogP contribution in [0.2, 0.25) is 0 Å². The molecule has 0 aliphatic carbocycles. The van der Waals surface area contributed by atoms with Crippen molar-refractivity contribution in [2.45, 2.75) is 24.0 Å². The molecule has 0 atom stereocenters. The number of halogens is 3. The molecule has 5 aromatic rings. The predicted octanol–water partition coefficient (Wildman–Crippen LogP) is 6.98. The van der Waals surface area contributed by atoms with Crippen LogP contribution in [0, 0.1) is 6.92 Å². The molecule has 13 heteroatoms. The Bertz CT molecular complexity index is 1800. The van der Waals surface area contributed by atoms with Crippen molar-refractivity contribution in [3.8, 4) is 22.8 Å². The first-order chi connectivity index (χ1) is 21.7. The number of methoxy groups -OCH3 is 1. The fourth-order valence-electron chi connectivity index (χ4n) is 5.05. The van der Waals surface area contributed by atoms with E-state index in [0.29, 0.717) is 54.3 Å². The second kappa shape index (κ2) is 12.9. The lowest BCUT2D eigenvalue weighted by Crippen LogP contribution is -2.49. The van der Waals surface area contributed by atoms with Crippen LogP contribution >= 0.6 is 23.1 Å². The number of alkyl halides is 3. The zero-order chi connectivity index (χ0) is 31.6. The summed E-state index contributed by atoms with van der Waals surface area (Å²) in [5.74, 6) is 1.70. The second-order valence-corrected chi connectivity index (χ2v) is 12.3. The molecule has 1 fully saturated rings. The van der Waals surface area contributed by atoms with Gasteiger partial charge in [-0.15, -0.1) is 21.5 Å². The predicted molar refractivity (Wildman–Crippen MR) is 169 cm³/mol. The van der Waals surface area contributed by atoms with Crippen molar-refractivity contribution in [3.63, 3.8) is 0 Å². The van der Waals surface area contributed by atoms with E-state index in [4.69, 9.17) is 4.74 Å². The summed E-state index contributed by atoms with van der Waals surface area (Å²) in [6.07, 6.45) is -4.40. The average Bonchev–Trinajstić information content (AvgIpc) is 3.71. The molecule has 3 aromatic carbocycles. The summed E-state index contributed by atoms with van der Waals surface area (Å²) in [6, 6.07) is 21.1. The topological polar surface area (TPSA) is 76.4 Å². The van der Waals surface area contributed by atoms with E-state index < -0.39 is 11.7 Å². The molecule has 1 amide bonds. The van der Waals surface area contributed by atoms with Gasteiger partial charge in [0.1, 0.15) is 16.5 Å². The van der Waals surface area contributed by atoms with Crippen molar-refractivity contribution in [3.05, 3.63) is 100 Å². The number of nitrogens with zero attached hydrogens (tertiary/aromatic N) is 6. The molecule has 232 valence electrons. The van der Waals surface area contributed by atoms with Crippen LogP contribution in [0.25, 0.3) is 17.1 Å². The van der Waals surface area contributed by atoms with Gasteiger partial charge in [0.05, 0.1) is 18.4 Å². The zero-order valence-corrected chi connectivity index (χ0v) is 26.1. The summed E-state index contributed by atoms with van der Waals surface area (Å²) in [7, 11) is 1.62. The van der Waals surface area contributed by atoms with Gasteiger partial charge in [0.15, 0.2) is 11.0 Å². The molecule has 8 nitrogen and oxygen atoms in total. The monoisotopic (exact) mass is 650 g/mol. The lowest BCUT2D eigenvalue weighted by molar-refractivity contribution is -0.137. The van der Waals surface area contributed by atoms with E-state index >= 15 is 0 Å². The molecule has 1 aliphatic heterocycles. The number of piperazine rings is 1. The van der Waals surface area contributed by atoms with E-state index in [-0.39, 0.29) is 5.91 Å². The SMILES string of the molecule is COc1cccc(-c2nnc(SCc3nc(C(=O)N4CCN(c5cccc(C(F)(F)F)c5)CC4)cs3)n2-c2ccc(C)cc2)c1.